The van der Waals surface area contributed by atoms with E-state index in [1.807, 2.05) is 0 Å². The predicted octanol–water partition coefficient (Wildman–Crippen LogP) is 2.23. The molecule has 1 aromatic carbocycles. The monoisotopic (exact) mass is 298 g/mol. The van der Waals surface area contributed by atoms with Gasteiger partial charge < -0.3 is 9.47 Å². The Balaban J connectivity index is 2.86. The number of hydrazone groups is 1. The number of benzene rings is 1. The van der Waals surface area contributed by atoms with Crippen LogP contribution in [0, 0.1) is 0 Å². The fourth-order valence-electron chi connectivity index (χ4n) is 1.22. The van der Waals surface area contributed by atoms with Gasteiger partial charge in [-0.3, -0.25) is 5.43 Å². The Morgan fingerprint density at radius 1 is 1.10 bits per heavy atom. The maximum absolute atomic E-state index is 11.6. The molecule has 0 aliphatic carbocycles. The van der Waals surface area contributed by atoms with Crippen molar-refractivity contribution in [1.29, 1.82) is 0 Å². The lowest BCUT2D eigenvalue weighted by Crippen LogP contribution is -2.29. The van der Waals surface area contributed by atoms with Gasteiger partial charge in [0.1, 0.15) is 0 Å². The van der Waals surface area contributed by atoms with Crippen molar-refractivity contribution in [3.05, 3.63) is 29.3 Å². The van der Waals surface area contributed by atoms with E-state index in [4.69, 9.17) is 21.1 Å². The fraction of sp³-hybridized carbons (Fsp3) is 0.308. The second kappa shape index (κ2) is 8.16. The molecule has 0 radical (unpaired) electrons. The van der Waals surface area contributed by atoms with Gasteiger partial charge in [-0.05, 0) is 38.1 Å². The van der Waals surface area contributed by atoms with Gasteiger partial charge in [0.15, 0.2) is 0 Å². The minimum atomic E-state index is -0.840. The number of nitrogens with zero attached hydrogens (tertiary/aromatic N) is 1. The van der Waals surface area contributed by atoms with Crippen molar-refractivity contribution in [1.82, 2.24) is 0 Å². The molecule has 1 rings (SSSR count). The second-order valence-corrected chi connectivity index (χ2v) is 3.96. The minimum absolute atomic E-state index is 0.137. The van der Waals surface area contributed by atoms with Gasteiger partial charge in [0.05, 0.1) is 18.9 Å². The van der Waals surface area contributed by atoms with Gasteiger partial charge in [0, 0.05) is 5.02 Å². The van der Waals surface area contributed by atoms with Crippen molar-refractivity contribution < 1.29 is 19.1 Å². The molecule has 0 unspecified atom stereocenters. The number of hydrogen-bond donors (Lipinski definition) is 1. The molecule has 0 aromatic heterocycles. The number of carbonyl (C=O) groups is 2. The van der Waals surface area contributed by atoms with E-state index in [0.29, 0.717) is 10.7 Å². The number of esters is 2. The highest BCUT2D eigenvalue weighted by molar-refractivity contribution is 6.62. The third kappa shape index (κ3) is 4.89. The van der Waals surface area contributed by atoms with Crippen molar-refractivity contribution >= 4 is 34.9 Å². The number of hydrogen-bond acceptors (Lipinski definition) is 6. The second-order valence-electron chi connectivity index (χ2n) is 3.52. The molecular weight excluding hydrogens is 284 g/mol. The van der Waals surface area contributed by atoms with Gasteiger partial charge in [-0.2, -0.15) is 5.10 Å². The van der Waals surface area contributed by atoms with Crippen LogP contribution in [0.1, 0.15) is 13.8 Å². The van der Waals surface area contributed by atoms with Crippen LogP contribution in [0.3, 0.4) is 0 Å². The van der Waals surface area contributed by atoms with E-state index in [1.165, 1.54) is 0 Å². The van der Waals surface area contributed by atoms with E-state index in [0.717, 1.165) is 0 Å². The van der Waals surface area contributed by atoms with Crippen LogP contribution >= 0.6 is 11.6 Å². The Labute approximate surface area is 121 Å². The first kappa shape index (κ1) is 16.0. The molecule has 0 spiro atoms. The molecule has 0 amide bonds. The molecule has 0 fully saturated rings. The Hall–Kier alpha value is -2.08. The van der Waals surface area contributed by atoms with Crippen LogP contribution in [-0.4, -0.2) is 30.9 Å². The number of nitrogens with one attached hydrogen (secondary N) is 1. The summed E-state index contributed by atoms with van der Waals surface area (Å²) in [6, 6.07) is 6.60. The molecule has 0 saturated carbocycles. The lowest BCUT2D eigenvalue weighted by molar-refractivity contribution is -0.140. The van der Waals surface area contributed by atoms with Gasteiger partial charge in [0.25, 0.3) is 5.71 Å². The highest BCUT2D eigenvalue weighted by atomic mass is 35.5. The molecule has 0 aliphatic rings. The maximum atomic E-state index is 11.6. The number of rotatable bonds is 6. The standard InChI is InChI=1S/C13H15ClN2O4/c1-3-19-12(17)11(13(18)20-4-2)16-15-10-7-5-9(14)6-8-10/h5-8,15H,3-4H2,1-2H3. The number of ether oxygens (including phenoxy) is 2. The van der Waals surface area contributed by atoms with E-state index < -0.39 is 17.7 Å². The minimum Gasteiger partial charge on any atom is -0.461 e. The molecular formula is C13H15ClN2O4. The largest absolute Gasteiger partial charge is 0.461 e. The van der Waals surface area contributed by atoms with Crippen LogP contribution in [0.4, 0.5) is 5.69 Å². The van der Waals surface area contributed by atoms with Crippen molar-refractivity contribution in [3.8, 4) is 0 Å². The predicted molar refractivity (Wildman–Crippen MR) is 75.8 cm³/mol. The van der Waals surface area contributed by atoms with Gasteiger partial charge in [-0.25, -0.2) is 9.59 Å². The molecule has 0 bridgehead atoms. The molecule has 6 nitrogen and oxygen atoms in total. The molecule has 0 aliphatic heterocycles. The summed E-state index contributed by atoms with van der Waals surface area (Å²) >= 11 is 5.75. The Kier molecular flexibility index (Phi) is 6.52. The van der Waals surface area contributed by atoms with Gasteiger partial charge in [-0.1, -0.05) is 11.6 Å². The van der Waals surface area contributed by atoms with Crippen molar-refractivity contribution in [2.45, 2.75) is 13.8 Å². The highest BCUT2D eigenvalue weighted by Gasteiger charge is 2.23. The van der Waals surface area contributed by atoms with E-state index in [2.05, 4.69) is 10.5 Å². The first-order valence-corrected chi connectivity index (χ1v) is 6.39. The summed E-state index contributed by atoms with van der Waals surface area (Å²) in [7, 11) is 0. The lowest BCUT2D eigenvalue weighted by Gasteiger charge is -2.06. The van der Waals surface area contributed by atoms with E-state index in [9.17, 15) is 9.59 Å². The van der Waals surface area contributed by atoms with Gasteiger partial charge in [0.2, 0.25) is 0 Å². The van der Waals surface area contributed by atoms with Crippen LogP contribution in [0.15, 0.2) is 29.4 Å². The summed E-state index contributed by atoms with van der Waals surface area (Å²) < 4.78 is 9.49. The SMILES string of the molecule is CCOC(=O)C(=NNc1ccc(Cl)cc1)C(=O)OCC. The Bertz CT molecular complexity index is 480. The average Bonchev–Trinajstić information content (AvgIpc) is 2.42. The summed E-state index contributed by atoms with van der Waals surface area (Å²) in [5.41, 5.74) is 2.71. The summed E-state index contributed by atoms with van der Waals surface area (Å²) in [6.07, 6.45) is 0. The van der Waals surface area contributed by atoms with Crippen molar-refractivity contribution in [2.75, 3.05) is 18.6 Å². The van der Waals surface area contributed by atoms with Gasteiger partial charge >= 0.3 is 11.9 Å². The average molecular weight is 299 g/mol. The Morgan fingerprint density at radius 2 is 1.60 bits per heavy atom. The zero-order chi connectivity index (χ0) is 15.0. The molecule has 0 atom stereocenters. The number of carbonyl (C=O) groups excluding carboxylic acids is 2. The van der Waals surface area contributed by atoms with E-state index in [1.54, 1.807) is 38.1 Å². The maximum Gasteiger partial charge on any atom is 0.366 e. The van der Waals surface area contributed by atoms with Crippen LogP contribution < -0.4 is 5.43 Å². The zero-order valence-corrected chi connectivity index (χ0v) is 11.9. The third-order valence-corrected chi connectivity index (χ3v) is 2.33. The molecule has 1 aromatic rings. The van der Waals surface area contributed by atoms with E-state index >= 15 is 0 Å². The first-order chi connectivity index (χ1) is 9.58. The van der Waals surface area contributed by atoms with Crippen LogP contribution in [0.2, 0.25) is 5.02 Å². The number of halogens is 1. The van der Waals surface area contributed by atoms with Gasteiger partial charge in [-0.15, -0.1) is 0 Å². The quantitative estimate of drug-likeness (QED) is 0.377. The molecule has 0 heterocycles. The molecule has 0 saturated heterocycles. The van der Waals surface area contributed by atoms with E-state index in [-0.39, 0.29) is 13.2 Å². The molecule has 108 valence electrons. The molecule has 1 N–H and O–H groups in total. The third-order valence-electron chi connectivity index (χ3n) is 2.08. The zero-order valence-electron chi connectivity index (χ0n) is 11.2. The first-order valence-electron chi connectivity index (χ1n) is 6.02. The normalized spacial score (nSPS) is 9.55. The lowest BCUT2D eigenvalue weighted by atomic mass is 10.3. The summed E-state index contributed by atoms with van der Waals surface area (Å²) in [6.45, 7) is 3.54. The van der Waals surface area contributed by atoms with Crippen molar-refractivity contribution in [3.63, 3.8) is 0 Å². The van der Waals surface area contributed by atoms with Crippen LogP contribution in [0.25, 0.3) is 0 Å². The molecule has 20 heavy (non-hydrogen) atoms. The molecule has 7 heteroatoms. The fourth-order valence-corrected chi connectivity index (χ4v) is 1.34. The number of anilines is 1. The summed E-state index contributed by atoms with van der Waals surface area (Å²) in [4.78, 5) is 23.2. The smallest absolute Gasteiger partial charge is 0.366 e. The highest BCUT2D eigenvalue weighted by Crippen LogP contribution is 2.13. The summed E-state index contributed by atoms with van der Waals surface area (Å²) in [5.74, 6) is -1.68. The Morgan fingerprint density at radius 3 is 2.05 bits per heavy atom. The summed E-state index contributed by atoms with van der Waals surface area (Å²) in [5, 5.41) is 4.30. The van der Waals surface area contributed by atoms with Crippen molar-refractivity contribution in [2.24, 2.45) is 5.10 Å². The topological polar surface area (TPSA) is 77.0 Å². The van der Waals surface area contributed by atoms with Crippen LogP contribution in [-0.2, 0) is 19.1 Å². The van der Waals surface area contributed by atoms with Crippen LogP contribution in [0.5, 0.6) is 0 Å².